The number of rotatable bonds is 10. The summed E-state index contributed by atoms with van der Waals surface area (Å²) in [5, 5.41) is 15.3. The van der Waals surface area contributed by atoms with Gasteiger partial charge in [0.15, 0.2) is 11.6 Å². The van der Waals surface area contributed by atoms with Gasteiger partial charge in [-0.15, -0.1) is 10.2 Å². The topological polar surface area (TPSA) is 75.8 Å². The number of methoxy groups -OCH3 is 1. The molecule has 160 valence electrons. The van der Waals surface area contributed by atoms with Crippen LogP contribution < -0.4 is 15.4 Å². The lowest BCUT2D eigenvalue weighted by molar-refractivity contribution is 0.414. The van der Waals surface area contributed by atoms with Crippen molar-refractivity contribution in [1.29, 1.82) is 0 Å². The molecule has 0 bridgehead atoms. The van der Waals surface area contributed by atoms with Gasteiger partial charge in [-0.1, -0.05) is 25.1 Å². The molecule has 3 aromatic rings. The van der Waals surface area contributed by atoms with Crippen LogP contribution in [0.25, 0.3) is 5.65 Å². The number of benzene rings is 1. The van der Waals surface area contributed by atoms with Crippen LogP contribution >= 0.6 is 0 Å². The molecule has 0 radical (unpaired) electrons. The van der Waals surface area contributed by atoms with E-state index in [1.807, 2.05) is 40.9 Å². The van der Waals surface area contributed by atoms with Crippen LogP contribution in [0.15, 0.2) is 53.7 Å². The molecule has 0 aliphatic rings. The summed E-state index contributed by atoms with van der Waals surface area (Å²) >= 11 is 0. The fourth-order valence-corrected chi connectivity index (χ4v) is 3.34. The van der Waals surface area contributed by atoms with Crippen LogP contribution in [0.2, 0.25) is 0 Å². The number of guanidine groups is 1. The molecule has 7 nitrogen and oxygen atoms in total. The van der Waals surface area contributed by atoms with E-state index in [9.17, 15) is 0 Å². The van der Waals surface area contributed by atoms with Crippen LogP contribution in [-0.2, 0) is 6.42 Å². The number of nitrogens with zero attached hydrogens (tertiary/aromatic N) is 4. The van der Waals surface area contributed by atoms with Crippen LogP contribution in [0.4, 0.5) is 0 Å². The minimum absolute atomic E-state index is 0.465. The van der Waals surface area contributed by atoms with Crippen molar-refractivity contribution < 1.29 is 4.74 Å². The van der Waals surface area contributed by atoms with Crippen molar-refractivity contribution in [2.45, 2.75) is 39.0 Å². The Morgan fingerprint density at radius 2 is 1.97 bits per heavy atom. The summed E-state index contributed by atoms with van der Waals surface area (Å²) in [7, 11) is 1.69. The average molecular weight is 409 g/mol. The number of aliphatic imine (C=N–C) groups is 1. The number of nitrogens with one attached hydrogen (secondary N) is 2. The first-order valence-electron chi connectivity index (χ1n) is 10.7. The van der Waals surface area contributed by atoms with Crippen molar-refractivity contribution >= 4 is 11.6 Å². The maximum atomic E-state index is 5.23. The van der Waals surface area contributed by atoms with Gasteiger partial charge in [-0.2, -0.15) is 0 Å². The van der Waals surface area contributed by atoms with Crippen molar-refractivity contribution in [2.24, 2.45) is 4.99 Å². The van der Waals surface area contributed by atoms with E-state index in [1.165, 1.54) is 5.56 Å². The molecule has 1 unspecified atom stereocenters. The first-order valence-corrected chi connectivity index (χ1v) is 10.7. The highest BCUT2D eigenvalue weighted by molar-refractivity contribution is 5.79. The van der Waals surface area contributed by atoms with Crippen LogP contribution in [0, 0.1) is 0 Å². The summed E-state index contributed by atoms with van der Waals surface area (Å²) in [6.07, 6.45) is 4.81. The summed E-state index contributed by atoms with van der Waals surface area (Å²) in [5.74, 6) is 3.20. The summed E-state index contributed by atoms with van der Waals surface area (Å²) in [6, 6.07) is 14.2. The molecular formula is C23H32N6O. The van der Waals surface area contributed by atoms with E-state index in [0.717, 1.165) is 62.1 Å². The molecule has 2 aromatic heterocycles. The first-order chi connectivity index (χ1) is 14.7. The second kappa shape index (κ2) is 11.2. The fraction of sp³-hybridized carbons (Fsp3) is 0.435. The van der Waals surface area contributed by atoms with E-state index in [1.54, 1.807) is 7.11 Å². The maximum Gasteiger partial charge on any atom is 0.191 e. The molecule has 0 spiro atoms. The highest BCUT2D eigenvalue weighted by Gasteiger charge is 2.07. The Hall–Kier alpha value is -3.09. The first kappa shape index (κ1) is 21.6. The van der Waals surface area contributed by atoms with E-state index in [-0.39, 0.29) is 0 Å². The van der Waals surface area contributed by atoms with Gasteiger partial charge >= 0.3 is 0 Å². The van der Waals surface area contributed by atoms with Crippen molar-refractivity contribution in [2.75, 3.05) is 26.7 Å². The van der Waals surface area contributed by atoms with Crippen LogP contribution in [0.1, 0.15) is 44.0 Å². The van der Waals surface area contributed by atoms with Crippen LogP contribution in [0.3, 0.4) is 0 Å². The van der Waals surface area contributed by atoms with Crippen LogP contribution in [-0.4, -0.2) is 47.3 Å². The molecule has 3 rings (SSSR count). The Kier molecular flexibility index (Phi) is 8.06. The highest BCUT2D eigenvalue weighted by Crippen LogP contribution is 2.21. The Morgan fingerprint density at radius 3 is 2.73 bits per heavy atom. The minimum Gasteiger partial charge on any atom is -0.497 e. The van der Waals surface area contributed by atoms with Crippen molar-refractivity contribution in [3.05, 3.63) is 60.0 Å². The highest BCUT2D eigenvalue weighted by atomic mass is 16.5. The number of hydrogen-bond acceptors (Lipinski definition) is 4. The van der Waals surface area contributed by atoms with E-state index < -0.39 is 0 Å². The lowest BCUT2D eigenvalue weighted by atomic mass is 9.98. The standard InChI is InChI=1S/C23H32N6O/c1-4-24-23(26-16-14-18(2)19-10-12-20(30-3)13-11-19)25-15-7-9-22-28-27-21-8-5-6-17-29(21)22/h5-6,8,10-13,17-18H,4,7,9,14-16H2,1-3H3,(H2,24,25,26). The van der Waals surface area contributed by atoms with Gasteiger partial charge in [-0.25, -0.2) is 0 Å². The third kappa shape index (κ3) is 5.95. The van der Waals surface area contributed by atoms with Gasteiger partial charge in [0.2, 0.25) is 0 Å². The van der Waals surface area contributed by atoms with Crippen molar-refractivity contribution in [3.63, 3.8) is 0 Å². The average Bonchev–Trinajstić information content (AvgIpc) is 3.19. The van der Waals surface area contributed by atoms with Gasteiger partial charge in [0.25, 0.3) is 0 Å². The van der Waals surface area contributed by atoms with E-state index in [2.05, 4.69) is 46.8 Å². The maximum absolute atomic E-state index is 5.23. The zero-order chi connectivity index (χ0) is 21.2. The molecular weight excluding hydrogens is 376 g/mol. The SMILES string of the molecule is CCNC(=NCCCc1nnc2ccccn12)NCCC(C)c1ccc(OC)cc1. The minimum atomic E-state index is 0.465. The van der Waals surface area contributed by atoms with E-state index >= 15 is 0 Å². The number of aromatic nitrogens is 3. The second-order valence-corrected chi connectivity index (χ2v) is 7.30. The molecule has 0 amide bonds. The largest absolute Gasteiger partial charge is 0.497 e. The van der Waals surface area contributed by atoms with Gasteiger partial charge in [0, 0.05) is 32.3 Å². The van der Waals surface area contributed by atoms with Gasteiger partial charge in [0.1, 0.15) is 11.6 Å². The molecule has 2 N–H and O–H groups in total. The molecule has 0 aliphatic heterocycles. The number of fused-ring (bicyclic) bond motifs is 1. The molecule has 1 aromatic carbocycles. The molecule has 30 heavy (non-hydrogen) atoms. The molecule has 2 heterocycles. The molecule has 7 heteroatoms. The van der Waals surface area contributed by atoms with E-state index in [0.29, 0.717) is 5.92 Å². The molecule has 0 saturated heterocycles. The number of hydrogen-bond donors (Lipinski definition) is 2. The van der Waals surface area contributed by atoms with Gasteiger partial charge < -0.3 is 15.4 Å². The van der Waals surface area contributed by atoms with Gasteiger partial charge in [-0.3, -0.25) is 9.39 Å². The van der Waals surface area contributed by atoms with E-state index in [4.69, 9.17) is 9.73 Å². The van der Waals surface area contributed by atoms with Crippen LogP contribution in [0.5, 0.6) is 5.75 Å². The number of ether oxygens (including phenoxy) is 1. The predicted octanol–water partition coefficient (Wildman–Crippen LogP) is 3.42. The number of aryl methyl sites for hydroxylation is 1. The Morgan fingerprint density at radius 1 is 1.13 bits per heavy atom. The summed E-state index contributed by atoms with van der Waals surface area (Å²) in [4.78, 5) is 4.71. The quantitative estimate of drug-likeness (QED) is 0.305. The zero-order valence-corrected chi connectivity index (χ0v) is 18.1. The molecule has 0 saturated carbocycles. The normalized spacial score (nSPS) is 12.7. The van der Waals surface area contributed by atoms with Gasteiger partial charge in [-0.05, 0) is 55.5 Å². The summed E-state index contributed by atoms with van der Waals surface area (Å²) < 4.78 is 7.27. The molecule has 1 atom stereocenters. The fourth-order valence-electron chi connectivity index (χ4n) is 3.34. The Bertz CT molecular complexity index is 934. The predicted molar refractivity (Wildman–Crippen MR) is 121 cm³/mol. The van der Waals surface area contributed by atoms with Crippen molar-refractivity contribution in [3.8, 4) is 5.75 Å². The zero-order valence-electron chi connectivity index (χ0n) is 18.1. The third-order valence-corrected chi connectivity index (χ3v) is 5.11. The van der Waals surface area contributed by atoms with Gasteiger partial charge in [0.05, 0.1) is 7.11 Å². The summed E-state index contributed by atoms with van der Waals surface area (Å²) in [5.41, 5.74) is 2.21. The third-order valence-electron chi connectivity index (χ3n) is 5.11. The number of pyridine rings is 1. The lowest BCUT2D eigenvalue weighted by Gasteiger charge is -2.15. The Balaban J connectivity index is 1.44. The summed E-state index contributed by atoms with van der Waals surface area (Å²) in [6.45, 7) is 6.78. The van der Waals surface area contributed by atoms with Crippen molar-refractivity contribution in [1.82, 2.24) is 25.2 Å². The molecule has 0 aliphatic carbocycles. The lowest BCUT2D eigenvalue weighted by Crippen LogP contribution is -2.38. The Labute approximate surface area is 178 Å². The molecule has 0 fully saturated rings. The smallest absolute Gasteiger partial charge is 0.191 e. The second-order valence-electron chi connectivity index (χ2n) is 7.30. The monoisotopic (exact) mass is 408 g/mol.